The molecule has 1 saturated heterocycles. The molecule has 2 fully saturated rings. The number of fused-ring (bicyclic) bond motifs is 1. The molecule has 3 atom stereocenters. The maximum atomic E-state index is 14.0. The molecule has 0 aromatic heterocycles. The van der Waals surface area contributed by atoms with Crippen LogP contribution in [0.2, 0.25) is 0 Å². The van der Waals surface area contributed by atoms with Gasteiger partial charge in [0.25, 0.3) is 0 Å². The first-order valence-electron chi connectivity index (χ1n) is 7.48. The molecule has 1 aliphatic carbocycles. The molecule has 3 rings (SSSR count). The summed E-state index contributed by atoms with van der Waals surface area (Å²) in [7, 11) is 0. The molecule has 1 saturated carbocycles. The zero-order valence-corrected chi connectivity index (χ0v) is 13.4. The summed E-state index contributed by atoms with van der Waals surface area (Å²) in [5.74, 6) is -0.587. The Kier molecular flexibility index (Phi) is 4.31. The van der Waals surface area contributed by atoms with Gasteiger partial charge in [0.15, 0.2) is 0 Å². The molecule has 5 heteroatoms. The highest BCUT2D eigenvalue weighted by Crippen LogP contribution is 2.40. The van der Waals surface area contributed by atoms with Gasteiger partial charge in [-0.05, 0) is 43.4 Å². The van der Waals surface area contributed by atoms with Crippen LogP contribution in [0.5, 0.6) is 0 Å². The van der Waals surface area contributed by atoms with E-state index >= 15 is 0 Å². The molecular formula is C16H19BrFNO2. The first-order valence-corrected chi connectivity index (χ1v) is 8.28. The van der Waals surface area contributed by atoms with Crippen molar-refractivity contribution in [3.63, 3.8) is 0 Å². The smallest absolute Gasteiger partial charge is 0.320 e. The van der Waals surface area contributed by atoms with E-state index in [2.05, 4.69) is 15.9 Å². The molecular weight excluding hydrogens is 337 g/mol. The second-order valence-electron chi connectivity index (χ2n) is 6.11. The minimum absolute atomic E-state index is 0.262. The quantitative estimate of drug-likeness (QED) is 0.896. The van der Waals surface area contributed by atoms with Gasteiger partial charge in [-0.1, -0.05) is 28.8 Å². The summed E-state index contributed by atoms with van der Waals surface area (Å²) in [6.07, 6.45) is 5.17. The fourth-order valence-electron chi connectivity index (χ4n) is 3.88. The number of nitrogens with zero attached hydrogens (tertiary/aromatic N) is 1. The van der Waals surface area contributed by atoms with Crippen LogP contribution in [-0.4, -0.2) is 28.1 Å². The first kappa shape index (κ1) is 15.0. The zero-order valence-electron chi connectivity index (χ0n) is 11.8. The van der Waals surface area contributed by atoms with Gasteiger partial charge < -0.3 is 5.11 Å². The third-order valence-electron chi connectivity index (χ3n) is 4.87. The van der Waals surface area contributed by atoms with E-state index in [0.29, 0.717) is 30.5 Å². The lowest BCUT2D eigenvalue weighted by atomic mass is 9.84. The van der Waals surface area contributed by atoms with Gasteiger partial charge in [0.1, 0.15) is 11.9 Å². The average Bonchev–Trinajstić information content (AvgIpc) is 2.82. The highest BCUT2D eigenvalue weighted by molar-refractivity contribution is 9.10. The Bertz CT molecular complexity index is 551. The fourth-order valence-corrected chi connectivity index (χ4v) is 4.29. The summed E-state index contributed by atoms with van der Waals surface area (Å²) in [6, 6.07) is 4.67. The molecule has 1 aromatic carbocycles. The van der Waals surface area contributed by atoms with Gasteiger partial charge in [-0.3, -0.25) is 9.69 Å². The summed E-state index contributed by atoms with van der Waals surface area (Å²) < 4.78 is 14.8. The van der Waals surface area contributed by atoms with Crippen molar-refractivity contribution in [3.05, 3.63) is 34.1 Å². The largest absolute Gasteiger partial charge is 0.480 e. The van der Waals surface area contributed by atoms with Crippen molar-refractivity contribution in [2.45, 2.75) is 50.7 Å². The molecule has 1 aromatic rings. The monoisotopic (exact) mass is 355 g/mol. The predicted molar refractivity (Wildman–Crippen MR) is 81.4 cm³/mol. The number of carbonyl (C=O) groups is 1. The highest BCUT2D eigenvalue weighted by Gasteiger charge is 2.45. The average molecular weight is 356 g/mol. The Morgan fingerprint density at radius 3 is 2.90 bits per heavy atom. The second-order valence-corrected chi connectivity index (χ2v) is 7.03. The van der Waals surface area contributed by atoms with Crippen LogP contribution in [0.1, 0.15) is 37.7 Å². The Morgan fingerprint density at radius 1 is 1.38 bits per heavy atom. The highest BCUT2D eigenvalue weighted by atomic mass is 79.9. The number of carboxylic acids is 1. The number of likely N-dealkylation sites (tertiary alicyclic amines) is 1. The van der Waals surface area contributed by atoms with Gasteiger partial charge >= 0.3 is 5.97 Å². The van der Waals surface area contributed by atoms with E-state index in [1.54, 1.807) is 12.1 Å². The lowest BCUT2D eigenvalue weighted by Crippen LogP contribution is -2.41. The van der Waals surface area contributed by atoms with Crippen LogP contribution in [0.15, 0.2) is 22.7 Å². The third-order valence-corrected chi connectivity index (χ3v) is 5.36. The minimum atomic E-state index is -0.778. The van der Waals surface area contributed by atoms with Gasteiger partial charge in [0, 0.05) is 22.6 Å². The van der Waals surface area contributed by atoms with Gasteiger partial charge in [-0.15, -0.1) is 0 Å². The molecule has 2 aliphatic rings. The van der Waals surface area contributed by atoms with Crippen LogP contribution in [0, 0.1) is 11.7 Å². The molecule has 0 radical (unpaired) electrons. The molecule has 1 aliphatic heterocycles. The summed E-state index contributed by atoms with van der Waals surface area (Å²) in [5, 5.41) is 9.49. The van der Waals surface area contributed by atoms with E-state index < -0.39 is 12.0 Å². The first-order chi connectivity index (χ1) is 10.1. The second kappa shape index (κ2) is 6.05. The van der Waals surface area contributed by atoms with Crippen LogP contribution in [-0.2, 0) is 11.3 Å². The topological polar surface area (TPSA) is 40.5 Å². The minimum Gasteiger partial charge on any atom is -0.480 e. The number of hydrogen-bond donors (Lipinski definition) is 1. The molecule has 114 valence electrons. The summed E-state index contributed by atoms with van der Waals surface area (Å²) in [4.78, 5) is 13.6. The summed E-state index contributed by atoms with van der Waals surface area (Å²) in [5.41, 5.74) is 0.571. The number of hydrogen-bond acceptors (Lipinski definition) is 2. The Balaban J connectivity index is 1.86. The fraction of sp³-hybridized carbons (Fsp3) is 0.562. The van der Waals surface area contributed by atoms with Crippen molar-refractivity contribution in [2.24, 2.45) is 5.92 Å². The maximum absolute atomic E-state index is 14.0. The van der Waals surface area contributed by atoms with Crippen molar-refractivity contribution >= 4 is 21.9 Å². The molecule has 0 bridgehead atoms. The van der Waals surface area contributed by atoms with Crippen molar-refractivity contribution in [1.82, 2.24) is 4.90 Å². The molecule has 0 amide bonds. The van der Waals surface area contributed by atoms with Crippen molar-refractivity contribution < 1.29 is 14.3 Å². The van der Waals surface area contributed by atoms with Gasteiger partial charge in [-0.25, -0.2) is 4.39 Å². The zero-order chi connectivity index (χ0) is 15.0. The van der Waals surface area contributed by atoms with Crippen LogP contribution in [0.25, 0.3) is 0 Å². The number of aliphatic carboxylic acids is 1. The third kappa shape index (κ3) is 2.99. The number of rotatable bonds is 3. The van der Waals surface area contributed by atoms with Crippen LogP contribution >= 0.6 is 15.9 Å². The van der Waals surface area contributed by atoms with E-state index in [1.807, 2.05) is 4.90 Å². The Morgan fingerprint density at radius 2 is 2.14 bits per heavy atom. The molecule has 1 heterocycles. The van der Waals surface area contributed by atoms with E-state index in [-0.39, 0.29) is 5.82 Å². The lowest BCUT2D eigenvalue weighted by molar-refractivity contribution is -0.142. The number of benzene rings is 1. The van der Waals surface area contributed by atoms with E-state index in [1.165, 1.54) is 12.5 Å². The van der Waals surface area contributed by atoms with Gasteiger partial charge in [-0.2, -0.15) is 0 Å². The predicted octanol–water partition coefficient (Wildman–Crippen LogP) is 3.81. The van der Waals surface area contributed by atoms with Crippen molar-refractivity contribution in [3.8, 4) is 0 Å². The number of halogens is 2. The Hall–Kier alpha value is -0.940. The number of carboxylic acid groups (broad SMARTS) is 1. The molecule has 0 unspecified atom stereocenters. The van der Waals surface area contributed by atoms with Gasteiger partial charge in [0.2, 0.25) is 0 Å². The van der Waals surface area contributed by atoms with Crippen molar-refractivity contribution in [2.75, 3.05) is 0 Å². The van der Waals surface area contributed by atoms with Gasteiger partial charge in [0.05, 0.1) is 0 Å². The summed E-state index contributed by atoms with van der Waals surface area (Å²) in [6.45, 7) is 0.378. The molecule has 21 heavy (non-hydrogen) atoms. The van der Waals surface area contributed by atoms with Crippen LogP contribution < -0.4 is 0 Å². The standard InChI is InChI=1S/C16H19BrFNO2/c17-12-5-6-13(18)11(7-12)9-19-14-4-2-1-3-10(14)8-15(19)16(20)21/h5-7,10,14-15H,1-4,8-9H2,(H,20,21)/t10-,14+,15-/m0/s1. The van der Waals surface area contributed by atoms with Crippen LogP contribution in [0.3, 0.4) is 0 Å². The van der Waals surface area contributed by atoms with E-state index in [0.717, 1.165) is 23.7 Å². The van der Waals surface area contributed by atoms with E-state index in [9.17, 15) is 14.3 Å². The molecule has 3 nitrogen and oxygen atoms in total. The molecule has 1 N–H and O–H groups in total. The SMILES string of the molecule is O=C(O)[C@@H]1C[C@@H]2CCCC[C@H]2N1Cc1cc(Br)ccc1F. The Labute approximate surface area is 132 Å². The normalized spacial score (nSPS) is 29.3. The van der Waals surface area contributed by atoms with E-state index in [4.69, 9.17) is 0 Å². The van der Waals surface area contributed by atoms with Crippen molar-refractivity contribution in [1.29, 1.82) is 0 Å². The lowest BCUT2D eigenvalue weighted by Gasteiger charge is -2.33. The van der Waals surface area contributed by atoms with Crippen LogP contribution in [0.4, 0.5) is 4.39 Å². The maximum Gasteiger partial charge on any atom is 0.320 e. The summed E-state index contributed by atoms with van der Waals surface area (Å²) >= 11 is 3.36. The molecule has 0 spiro atoms.